The third kappa shape index (κ3) is 7.06. The Morgan fingerprint density at radius 3 is 2.51 bits per heavy atom. The molecule has 0 fully saturated rings. The monoisotopic (exact) mass is 604 g/mol. The third-order valence-electron chi connectivity index (χ3n) is 5.61. The molecule has 1 heterocycles. The maximum atomic E-state index is 13.9. The van der Waals surface area contributed by atoms with Crippen molar-refractivity contribution in [2.45, 2.75) is 30.6 Å². The molecule has 4 aromatic rings. The van der Waals surface area contributed by atoms with E-state index in [0.29, 0.717) is 52.1 Å². The van der Waals surface area contributed by atoms with Crippen LogP contribution in [0.15, 0.2) is 82.3 Å². The number of sulfone groups is 1. The third-order valence-corrected chi connectivity index (χ3v) is 8.53. The maximum absolute atomic E-state index is 13.9. The first-order valence-electron chi connectivity index (χ1n) is 11.5. The Balaban J connectivity index is 1.37. The zero-order valence-electron chi connectivity index (χ0n) is 19.6. The van der Waals surface area contributed by atoms with Crippen molar-refractivity contribution < 1.29 is 22.3 Å². The number of halogens is 3. The number of nitrogens with zero attached hydrogens (tertiary/aromatic N) is 1. The van der Waals surface area contributed by atoms with Gasteiger partial charge in [0, 0.05) is 17.5 Å². The molecule has 1 N–H and O–H groups in total. The van der Waals surface area contributed by atoms with Gasteiger partial charge >= 0.3 is 5.97 Å². The zero-order valence-corrected chi connectivity index (χ0v) is 22.7. The molecule has 3 aromatic carbocycles. The lowest BCUT2D eigenvalue weighted by Gasteiger charge is -2.09. The summed E-state index contributed by atoms with van der Waals surface area (Å²) in [5.41, 5.74) is 1.73. The van der Waals surface area contributed by atoms with E-state index >= 15 is 0 Å². The zero-order chi connectivity index (χ0) is 26.4. The number of aromatic nitrogens is 2. The van der Waals surface area contributed by atoms with E-state index in [1.807, 2.05) is 6.07 Å². The molecule has 0 spiro atoms. The van der Waals surface area contributed by atoms with Crippen LogP contribution < -0.4 is 4.74 Å². The first-order valence-corrected chi connectivity index (χ1v) is 14.3. The van der Waals surface area contributed by atoms with Gasteiger partial charge < -0.3 is 9.72 Å². The van der Waals surface area contributed by atoms with Crippen LogP contribution in [0, 0.1) is 5.82 Å². The fourth-order valence-corrected chi connectivity index (χ4v) is 5.88. The number of rotatable bonds is 10. The number of ether oxygens (including phenoxy) is 1. The van der Waals surface area contributed by atoms with Gasteiger partial charge in [0.2, 0.25) is 0 Å². The number of hydrogen-bond donors (Lipinski definition) is 1. The SMILES string of the molecule is O=C(CCCCCS(=O)(=O)c1cc(-c2ncc(-c3ccc(Br)c(F)c3)[nH]2)ccc1Cl)Oc1ccccc1. The average molecular weight is 606 g/mol. The van der Waals surface area contributed by atoms with E-state index in [4.69, 9.17) is 16.3 Å². The molecule has 6 nitrogen and oxygen atoms in total. The van der Waals surface area contributed by atoms with Crippen molar-refractivity contribution >= 4 is 43.3 Å². The number of imidazole rings is 1. The molecule has 0 aliphatic heterocycles. The van der Waals surface area contributed by atoms with Crippen molar-refractivity contribution in [2.24, 2.45) is 0 Å². The molecule has 0 aliphatic carbocycles. The van der Waals surface area contributed by atoms with E-state index in [1.54, 1.807) is 48.7 Å². The van der Waals surface area contributed by atoms with E-state index < -0.39 is 15.7 Å². The smallest absolute Gasteiger partial charge is 0.311 e. The van der Waals surface area contributed by atoms with Crippen LogP contribution in [0.4, 0.5) is 4.39 Å². The second-order valence-corrected chi connectivity index (χ2v) is 11.7. The number of carbonyl (C=O) groups excluding carboxylic acids is 1. The number of unbranched alkanes of at least 4 members (excludes halogenated alkanes) is 2. The van der Waals surface area contributed by atoms with Crippen molar-refractivity contribution in [3.63, 3.8) is 0 Å². The predicted molar refractivity (Wildman–Crippen MR) is 145 cm³/mol. The van der Waals surface area contributed by atoms with Gasteiger partial charge in [0.25, 0.3) is 0 Å². The summed E-state index contributed by atoms with van der Waals surface area (Å²) in [5.74, 6) is 0.0571. The lowest BCUT2D eigenvalue weighted by atomic mass is 10.2. The van der Waals surface area contributed by atoms with E-state index in [-0.39, 0.29) is 28.1 Å². The van der Waals surface area contributed by atoms with Crippen LogP contribution in [-0.4, -0.2) is 30.1 Å². The van der Waals surface area contributed by atoms with Gasteiger partial charge in [0.15, 0.2) is 9.84 Å². The van der Waals surface area contributed by atoms with Crippen LogP contribution in [0.1, 0.15) is 25.7 Å². The van der Waals surface area contributed by atoms with Crippen molar-refractivity contribution in [2.75, 3.05) is 5.75 Å². The summed E-state index contributed by atoms with van der Waals surface area (Å²) in [5, 5.41) is 0.122. The number of nitrogens with one attached hydrogen (secondary N) is 1. The first-order chi connectivity index (χ1) is 17.7. The van der Waals surface area contributed by atoms with Gasteiger partial charge in [-0.05, 0) is 71.2 Å². The second kappa shape index (κ2) is 12.0. The van der Waals surface area contributed by atoms with Crippen LogP contribution in [0.2, 0.25) is 5.02 Å². The van der Waals surface area contributed by atoms with Gasteiger partial charge in [-0.1, -0.05) is 42.3 Å². The summed E-state index contributed by atoms with van der Waals surface area (Å²) < 4.78 is 45.5. The van der Waals surface area contributed by atoms with Gasteiger partial charge in [0.05, 0.1) is 32.0 Å². The lowest BCUT2D eigenvalue weighted by molar-refractivity contribution is -0.134. The fourth-order valence-electron chi connectivity index (χ4n) is 3.69. The van der Waals surface area contributed by atoms with Crippen LogP contribution in [0.3, 0.4) is 0 Å². The molecule has 10 heteroatoms. The predicted octanol–water partition coefficient (Wildman–Crippen LogP) is 7.24. The number of carbonyl (C=O) groups is 1. The van der Waals surface area contributed by atoms with Crippen molar-refractivity contribution in [1.29, 1.82) is 0 Å². The number of para-hydroxylation sites is 1. The van der Waals surface area contributed by atoms with E-state index in [0.717, 1.165) is 0 Å². The molecule has 0 bridgehead atoms. The number of H-pyrrole nitrogens is 1. The molecule has 1 aromatic heterocycles. The average Bonchev–Trinajstić information content (AvgIpc) is 3.36. The highest BCUT2D eigenvalue weighted by Gasteiger charge is 2.20. The molecule has 0 aliphatic rings. The van der Waals surface area contributed by atoms with Gasteiger partial charge in [-0.15, -0.1) is 0 Å². The topological polar surface area (TPSA) is 89.1 Å². The van der Waals surface area contributed by atoms with Crippen LogP contribution in [0.25, 0.3) is 22.6 Å². The molecule has 0 radical (unpaired) electrons. The van der Waals surface area contributed by atoms with Gasteiger partial charge in [-0.2, -0.15) is 0 Å². The number of benzene rings is 3. The van der Waals surface area contributed by atoms with Gasteiger partial charge in [-0.3, -0.25) is 4.79 Å². The normalized spacial score (nSPS) is 11.4. The van der Waals surface area contributed by atoms with E-state index in [1.165, 1.54) is 18.2 Å². The van der Waals surface area contributed by atoms with Gasteiger partial charge in [0.1, 0.15) is 17.4 Å². The van der Waals surface area contributed by atoms with E-state index in [9.17, 15) is 17.6 Å². The molecule has 192 valence electrons. The Bertz CT molecular complexity index is 1510. The highest BCUT2D eigenvalue weighted by Crippen LogP contribution is 2.30. The summed E-state index contributed by atoms with van der Waals surface area (Å²) in [4.78, 5) is 19.4. The largest absolute Gasteiger partial charge is 0.427 e. The molecule has 4 rings (SSSR count). The standard InChI is InChI=1S/C27H23BrClFN2O4S/c28-21-12-10-18(15-23(21)30)24-17-31-27(32-24)19-11-13-22(29)25(16-19)37(34,35)14-6-2-5-9-26(33)36-20-7-3-1-4-8-20/h1,3-4,7-8,10-13,15-17H,2,5-6,9,14H2,(H,31,32). The van der Waals surface area contributed by atoms with Gasteiger partial charge in [-0.25, -0.2) is 17.8 Å². The minimum Gasteiger partial charge on any atom is -0.427 e. The molecular weight excluding hydrogens is 583 g/mol. The van der Waals surface area contributed by atoms with E-state index in [2.05, 4.69) is 25.9 Å². The molecule has 37 heavy (non-hydrogen) atoms. The van der Waals surface area contributed by atoms with Crippen molar-refractivity contribution in [1.82, 2.24) is 9.97 Å². The quantitative estimate of drug-likeness (QED) is 0.117. The Morgan fingerprint density at radius 1 is 1.00 bits per heavy atom. The first kappa shape index (κ1) is 27.0. The summed E-state index contributed by atoms with van der Waals surface area (Å²) in [7, 11) is -3.67. The molecule has 0 saturated heterocycles. The lowest BCUT2D eigenvalue weighted by Crippen LogP contribution is -2.09. The summed E-state index contributed by atoms with van der Waals surface area (Å²) >= 11 is 9.37. The molecular formula is C27H23BrClFN2O4S. The molecule has 0 unspecified atom stereocenters. The minimum absolute atomic E-state index is 0.0165. The highest BCUT2D eigenvalue weighted by molar-refractivity contribution is 9.10. The highest BCUT2D eigenvalue weighted by atomic mass is 79.9. The maximum Gasteiger partial charge on any atom is 0.311 e. The van der Waals surface area contributed by atoms with Crippen molar-refractivity contribution in [3.8, 4) is 28.4 Å². The summed E-state index contributed by atoms with van der Waals surface area (Å²) in [6.45, 7) is 0. The Hall–Kier alpha value is -3.01. The number of hydrogen-bond acceptors (Lipinski definition) is 5. The molecule has 0 atom stereocenters. The number of aromatic amines is 1. The minimum atomic E-state index is -3.67. The second-order valence-electron chi connectivity index (χ2n) is 8.34. The van der Waals surface area contributed by atoms with Crippen LogP contribution in [0.5, 0.6) is 5.75 Å². The Labute approximate surface area is 227 Å². The summed E-state index contributed by atoms with van der Waals surface area (Å²) in [6, 6.07) is 18.2. The molecule has 0 saturated carbocycles. The van der Waals surface area contributed by atoms with Crippen molar-refractivity contribution in [3.05, 3.63) is 88.2 Å². The number of esters is 1. The van der Waals surface area contributed by atoms with Crippen LogP contribution in [-0.2, 0) is 14.6 Å². The summed E-state index contributed by atoms with van der Waals surface area (Å²) in [6.07, 6.45) is 3.20. The van der Waals surface area contributed by atoms with Crippen LogP contribution >= 0.6 is 27.5 Å². The Kier molecular flexibility index (Phi) is 8.79. The molecule has 0 amide bonds. The Morgan fingerprint density at radius 2 is 1.76 bits per heavy atom. The fraction of sp³-hybridized carbons (Fsp3) is 0.185.